The largest absolute Gasteiger partial charge is 0.497 e. The van der Waals surface area contributed by atoms with Crippen LogP contribution in [-0.4, -0.2) is 26.7 Å². The van der Waals surface area contributed by atoms with E-state index < -0.39 is 0 Å². The second kappa shape index (κ2) is 3.81. The Bertz CT molecular complexity index is 401. The van der Waals surface area contributed by atoms with Gasteiger partial charge >= 0.3 is 5.97 Å². The van der Waals surface area contributed by atoms with E-state index in [1.165, 1.54) is 7.11 Å². The van der Waals surface area contributed by atoms with Crippen LogP contribution in [0.2, 0.25) is 0 Å². The number of anilines is 1. The first kappa shape index (κ1) is 9.83. The average Bonchev–Trinajstić information content (AvgIpc) is 2.74. The number of hydrogen-bond acceptors (Lipinski definition) is 4. The Labute approximate surface area is 88.2 Å². The molecule has 1 aliphatic rings. The highest BCUT2D eigenvalue weighted by Gasteiger charge is 2.20. The standard InChI is InChI=1S/C11H13NO3/c1-14-8-5-7-3-4-12-10(7)9(6-8)11(13)15-2/h5-6,12H,3-4H2,1-2H3. The van der Waals surface area contributed by atoms with Gasteiger partial charge in [-0.05, 0) is 24.1 Å². The summed E-state index contributed by atoms with van der Waals surface area (Å²) in [6, 6.07) is 3.64. The van der Waals surface area contributed by atoms with Crippen molar-refractivity contribution >= 4 is 11.7 Å². The molecule has 1 heterocycles. The topological polar surface area (TPSA) is 47.6 Å². The van der Waals surface area contributed by atoms with Crippen molar-refractivity contribution in [3.63, 3.8) is 0 Å². The van der Waals surface area contributed by atoms with Crippen LogP contribution in [0, 0.1) is 0 Å². The third-order valence-corrected chi connectivity index (χ3v) is 2.53. The lowest BCUT2D eigenvalue weighted by molar-refractivity contribution is 0.0601. The Kier molecular flexibility index (Phi) is 2.49. The highest BCUT2D eigenvalue weighted by molar-refractivity contribution is 5.97. The Morgan fingerprint density at radius 1 is 1.40 bits per heavy atom. The summed E-state index contributed by atoms with van der Waals surface area (Å²) >= 11 is 0. The lowest BCUT2D eigenvalue weighted by atomic mass is 10.1. The summed E-state index contributed by atoms with van der Waals surface area (Å²) in [6.07, 6.45) is 0.913. The minimum atomic E-state index is -0.334. The molecule has 1 aromatic carbocycles. The van der Waals surface area contributed by atoms with Gasteiger partial charge in [-0.1, -0.05) is 0 Å². The number of ether oxygens (including phenoxy) is 2. The number of hydrogen-bond donors (Lipinski definition) is 1. The third kappa shape index (κ3) is 1.63. The summed E-state index contributed by atoms with van der Waals surface area (Å²) < 4.78 is 9.87. The van der Waals surface area contributed by atoms with Gasteiger partial charge < -0.3 is 14.8 Å². The molecule has 2 rings (SSSR count). The van der Waals surface area contributed by atoms with E-state index in [2.05, 4.69) is 5.32 Å². The lowest BCUT2D eigenvalue weighted by Crippen LogP contribution is -2.06. The quantitative estimate of drug-likeness (QED) is 0.746. The molecule has 0 bridgehead atoms. The van der Waals surface area contributed by atoms with Crippen molar-refractivity contribution in [2.75, 3.05) is 26.1 Å². The second-order valence-corrected chi connectivity index (χ2v) is 3.38. The van der Waals surface area contributed by atoms with Gasteiger partial charge in [0.25, 0.3) is 0 Å². The first-order valence-corrected chi connectivity index (χ1v) is 4.79. The minimum absolute atomic E-state index is 0.334. The van der Waals surface area contributed by atoms with Crippen molar-refractivity contribution in [3.05, 3.63) is 23.3 Å². The molecule has 80 valence electrons. The Hall–Kier alpha value is -1.71. The lowest BCUT2D eigenvalue weighted by Gasteiger charge is -2.09. The minimum Gasteiger partial charge on any atom is -0.497 e. The van der Waals surface area contributed by atoms with E-state index in [4.69, 9.17) is 9.47 Å². The Balaban J connectivity index is 2.52. The van der Waals surface area contributed by atoms with Gasteiger partial charge in [-0.3, -0.25) is 0 Å². The average molecular weight is 207 g/mol. The summed E-state index contributed by atoms with van der Waals surface area (Å²) in [5.41, 5.74) is 2.53. The van der Waals surface area contributed by atoms with Crippen molar-refractivity contribution in [3.8, 4) is 5.75 Å². The van der Waals surface area contributed by atoms with Crippen LogP contribution in [0.1, 0.15) is 15.9 Å². The van der Waals surface area contributed by atoms with Gasteiger partial charge in [0.1, 0.15) is 5.75 Å². The zero-order chi connectivity index (χ0) is 10.8. The number of fused-ring (bicyclic) bond motifs is 1. The SMILES string of the molecule is COC(=O)c1cc(OC)cc2c1NCC2. The number of carbonyl (C=O) groups is 1. The summed E-state index contributed by atoms with van der Waals surface area (Å²) in [4.78, 5) is 11.5. The first-order valence-electron chi connectivity index (χ1n) is 4.79. The Morgan fingerprint density at radius 3 is 2.87 bits per heavy atom. The Morgan fingerprint density at radius 2 is 2.20 bits per heavy atom. The summed E-state index contributed by atoms with van der Waals surface area (Å²) in [7, 11) is 2.97. The van der Waals surface area contributed by atoms with Gasteiger partial charge in [-0.15, -0.1) is 0 Å². The van der Waals surface area contributed by atoms with Gasteiger partial charge in [0.2, 0.25) is 0 Å². The summed E-state index contributed by atoms with van der Waals surface area (Å²) in [5.74, 6) is 0.359. The van der Waals surface area contributed by atoms with Gasteiger partial charge in [0.05, 0.1) is 25.5 Å². The fourth-order valence-electron chi connectivity index (χ4n) is 1.79. The van der Waals surface area contributed by atoms with Crippen LogP contribution in [0.25, 0.3) is 0 Å². The molecule has 4 nitrogen and oxygen atoms in total. The number of rotatable bonds is 2. The van der Waals surface area contributed by atoms with E-state index in [1.54, 1.807) is 13.2 Å². The van der Waals surface area contributed by atoms with Crippen molar-refractivity contribution in [1.29, 1.82) is 0 Å². The zero-order valence-electron chi connectivity index (χ0n) is 8.79. The van der Waals surface area contributed by atoms with Gasteiger partial charge in [0, 0.05) is 6.54 Å². The molecule has 0 radical (unpaired) electrons. The number of benzene rings is 1. The smallest absolute Gasteiger partial charge is 0.340 e. The molecule has 0 unspecified atom stereocenters. The third-order valence-electron chi connectivity index (χ3n) is 2.53. The molecule has 0 aromatic heterocycles. The summed E-state index contributed by atoms with van der Waals surface area (Å²) in [6.45, 7) is 0.854. The second-order valence-electron chi connectivity index (χ2n) is 3.38. The highest BCUT2D eigenvalue weighted by atomic mass is 16.5. The summed E-state index contributed by atoms with van der Waals surface area (Å²) in [5, 5.41) is 3.18. The predicted octanol–water partition coefficient (Wildman–Crippen LogP) is 1.45. The molecule has 0 saturated carbocycles. The molecule has 0 amide bonds. The van der Waals surface area contributed by atoms with Crippen LogP contribution in [0.4, 0.5) is 5.69 Å². The molecule has 0 fully saturated rings. The van der Waals surface area contributed by atoms with E-state index >= 15 is 0 Å². The molecule has 1 aromatic rings. The monoisotopic (exact) mass is 207 g/mol. The molecule has 4 heteroatoms. The van der Waals surface area contributed by atoms with Crippen LogP contribution < -0.4 is 10.1 Å². The molecular weight excluding hydrogens is 194 g/mol. The maximum Gasteiger partial charge on any atom is 0.340 e. The maximum absolute atomic E-state index is 11.5. The highest BCUT2D eigenvalue weighted by Crippen LogP contribution is 2.31. The number of esters is 1. The van der Waals surface area contributed by atoms with E-state index in [0.29, 0.717) is 11.3 Å². The van der Waals surface area contributed by atoms with E-state index in [9.17, 15) is 4.79 Å². The molecule has 1 aliphatic heterocycles. The molecule has 0 spiro atoms. The predicted molar refractivity (Wildman–Crippen MR) is 56.5 cm³/mol. The van der Waals surface area contributed by atoms with Crippen LogP contribution in [0.3, 0.4) is 0 Å². The van der Waals surface area contributed by atoms with E-state index in [0.717, 1.165) is 24.2 Å². The van der Waals surface area contributed by atoms with Crippen LogP contribution >= 0.6 is 0 Å². The number of nitrogens with one attached hydrogen (secondary N) is 1. The molecule has 0 saturated heterocycles. The first-order chi connectivity index (χ1) is 7.26. The molecule has 0 atom stereocenters. The molecule has 15 heavy (non-hydrogen) atoms. The molecule has 1 N–H and O–H groups in total. The van der Waals surface area contributed by atoms with Crippen LogP contribution in [0.15, 0.2) is 12.1 Å². The zero-order valence-corrected chi connectivity index (χ0v) is 8.79. The number of methoxy groups -OCH3 is 2. The van der Waals surface area contributed by atoms with Crippen molar-refractivity contribution in [2.45, 2.75) is 6.42 Å². The molecule has 0 aliphatic carbocycles. The van der Waals surface area contributed by atoms with E-state index in [-0.39, 0.29) is 5.97 Å². The van der Waals surface area contributed by atoms with Gasteiger partial charge in [-0.2, -0.15) is 0 Å². The van der Waals surface area contributed by atoms with Crippen molar-refractivity contribution < 1.29 is 14.3 Å². The fraction of sp³-hybridized carbons (Fsp3) is 0.364. The van der Waals surface area contributed by atoms with Gasteiger partial charge in [0.15, 0.2) is 0 Å². The fourth-order valence-corrected chi connectivity index (χ4v) is 1.79. The van der Waals surface area contributed by atoms with Crippen LogP contribution in [-0.2, 0) is 11.2 Å². The normalized spacial score (nSPS) is 12.9. The molecular formula is C11H13NO3. The van der Waals surface area contributed by atoms with Crippen LogP contribution in [0.5, 0.6) is 5.75 Å². The maximum atomic E-state index is 11.5. The van der Waals surface area contributed by atoms with Gasteiger partial charge in [-0.25, -0.2) is 4.79 Å². The van der Waals surface area contributed by atoms with Crippen molar-refractivity contribution in [2.24, 2.45) is 0 Å². The van der Waals surface area contributed by atoms with Crippen molar-refractivity contribution in [1.82, 2.24) is 0 Å². The van der Waals surface area contributed by atoms with E-state index in [1.807, 2.05) is 6.07 Å². The number of carbonyl (C=O) groups excluding carboxylic acids is 1.